The predicted octanol–water partition coefficient (Wildman–Crippen LogP) is 25.0. The fourth-order valence-electron chi connectivity index (χ4n) is 15.1. The van der Waals surface area contributed by atoms with Crippen molar-refractivity contribution in [1.29, 1.82) is 0 Å². The molecule has 0 amide bonds. The Labute approximate surface area is 542 Å². The Hall–Kier alpha value is -11.2. The third kappa shape index (κ3) is 8.95. The van der Waals surface area contributed by atoms with E-state index in [9.17, 15) is 0 Å². The van der Waals surface area contributed by atoms with Crippen LogP contribution < -0.4 is 9.80 Å². The van der Waals surface area contributed by atoms with E-state index in [0.29, 0.717) is 0 Å². The van der Waals surface area contributed by atoms with Crippen LogP contribution in [0.3, 0.4) is 0 Å². The molecule has 16 aromatic rings. The second-order valence-corrected chi connectivity index (χ2v) is 27.1. The number of nitrogens with zero attached hydrogens (tertiary/aromatic N) is 2. The molecular weight excluding hydrogens is 1130 g/mol. The van der Waals surface area contributed by atoms with Gasteiger partial charge in [-0.25, -0.2) is 0 Å². The van der Waals surface area contributed by atoms with Gasteiger partial charge in [0.25, 0.3) is 0 Å². The number of para-hydroxylation sites is 2. The summed E-state index contributed by atoms with van der Waals surface area (Å²) in [6.07, 6.45) is 0. The van der Waals surface area contributed by atoms with Crippen LogP contribution in [-0.2, 0) is 16.2 Å². The first kappa shape index (κ1) is 55.8. The minimum atomic E-state index is -0.947. The molecule has 93 heavy (non-hydrogen) atoms. The topological polar surface area (TPSA) is 32.8 Å². The van der Waals surface area contributed by atoms with Gasteiger partial charge in [0.05, 0.1) is 27.6 Å². The maximum absolute atomic E-state index is 7.64. The Morgan fingerprint density at radius 2 is 0.624 bits per heavy atom. The minimum Gasteiger partial charge on any atom is -0.455 e. The van der Waals surface area contributed by atoms with Crippen molar-refractivity contribution >= 4 is 99.5 Å². The van der Waals surface area contributed by atoms with Crippen LogP contribution in [0.2, 0.25) is 0 Å². The number of furan rings is 2. The number of hydrogen-bond acceptors (Lipinski definition) is 4. The number of hydrogen-bond donors (Lipinski definition) is 0. The summed E-state index contributed by atoms with van der Waals surface area (Å²) in [5.41, 5.74) is 22.0. The Kier molecular flexibility index (Phi) is 12.9. The van der Waals surface area contributed by atoms with Gasteiger partial charge in [0, 0.05) is 44.6 Å². The summed E-state index contributed by atoms with van der Waals surface area (Å²) >= 11 is 0. The van der Waals surface area contributed by atoms with Crippen molar-refractivity contribution in [3.05, 3.63) is 337 Å². The third-order valence-electron chi connectivity index (χ3n) is 19.6. The number of anilines is 6. The van der Waals surface area contributed by atoms with Crippen molar-refractivity contribution in [2.45, 2.75) is 57.8 Å². The zero-order valence-corrected chi connectivity index (χ0v) is 53.1. The molecule has 0 atom stereocenters. The lowest BCUT2D eigenvalue weighted by molar-refractivity contribution is 0.590. The summed E-state index contributed by atoms with van der Waals surface area (Å²) in [5.74, 6) is 0. The van der Waals surface area contributed by atoms with Crippen LogP contribution in [-0.4, -0.2) is 0 Å². The molecule has 2 heterocycles. The van der Waals surface area contributed by atoms with Crippen molar-refractivity contribution in [1.82, 2.24) is 0 Å². The molecule has 0 saturated heterocycles. The second kappa shape index (κ2) is 21.5. The fourth-order valence-corrected chi connectivity index (χ4v) is 15.1. The SMILES string of the molecule is CC(C)(C)c1ccc(N(c2ccc(-c3cccc4ccccc34)cc2)c2cc3c(c4oc5ccccc5c24)-c2c(cc(N(c4ccc(-c5cccc6ccccc56)cc4)c4ccc(C(C)(C)C)cc4)c4c2oc2ccccc24)C3(c2ccccc2)c2ccccc2)cc1. The Morgan fingerprint density at radius 1 is 0.301 bits per heavy atom. The van der Waals surface area contributed by atoms with Gasteiger partial charge in [-0.05, 0) is 161 Å². The molecule has 0 aliphatic heterocycles. The Bertz CT molecular complexity index is 5190. The van der Waals surface area contributed by atoms with Gasteiger partial charge in [-0.3, -0.25) is 0 Å². The van der Waals surface area contributed by atoms with Gasteiger partial charge in [-0.1, -0.05) is 272 Å². The molecule has 0 spiro atoms. The van der Waals surface area contributed by atoms with E-state index in [1.807, 2.05) is 0 Å². The lowest BCUT2D eigenvalue weighted by Crippen LogP contribution is -2.29. The number of benzene rings is 14. The van der Waals surface area contributed by atoms with Crippen LogP contribution in [0.4, 0.5) is 34.1 Å². The zero-order chi connectivity index (χ0) is 62.7. The van der Waals surface area contributed by atoms with Crippen LogP contribution in [0, 0.1) is 0 Å². The van der Waals surface area contributed by atoms with Crippen molar-refractivity contribution in [2.75, 3.05) is 9.80 Å². The average Bonchev–Trinajstić information content (AvgIpc) is 1.51. The van der Waals surface area contributed by atoms with Crippen molar-refractivity contribution in [3.63, 3.8) is 0 Å². The second-order valence-electron chi connectivity index (χ2n) is 27.1. The van der Waals surface area contributed by atoms with E-state index < -0.39 is 5.41 Å². The molecule has 0 radical (unpaired) electrons. The molecule has 2 aromatic heterocycles. The van der Waals surface area contributed by atoms with E-state index in [1.165, 1.54) is 43.8 Å². The first-order chi connectivity index (χ1) is 45.4. The molecule has 0 fully saturated rings. The molecule has 1 aliphatic rings. The first-order valence-electron chi connectivity index (χ1n) is 32.5. The average molecular weight is 1200 g/mol. The number of fused-ring (bicyclic) bond motifs is 13. The molecule has 17 rings (SSSR count). The minimum absolute atomic E-state index is 0.0605. The van der Waals surface area contributed by atoms with Crippen LogP contribution in [0.25, 0.3) is 98.8 Å². The van der Waals surface area contributed by atoms with Gasteiger partial charge in [-0.15, -0.1) is 0 Å². The highest BCUT2D eigenvalue weighted by Gasteiger charge is 2.51. The van der Waals surface area contributed by atoms with Crippen LogP contribution >= 0.6 is 0 Å². The lowest BCUT2D eigenvalue weighted by Gasteiger charge is -2.36. The van der Waals surface area contributed by atoms with Crippen molar-refractivity contribution in [2.24, 2.45) is 0 Å². The van der Waals surface area contributed by atoms with Crippen molar-refractivity contribution in [3.8, 4) is 33.4 Å². The van der Waals surface area contributed by atoms with E-state index in [-0.39, 0.29) is 10.8 Å². The largest absolute Gasteiger partial charge is 0.455 e. The van der Waals surface area contributed by atoms with E-state index in [4.69, 9.17) is 8.83 Å². The molecule has 0 unspecified atom stereocenters. The van der Waals surface area contributed by atoms with Crippen molar-refractivity contribution < 1.29 is 8.83 Å². The van der Waals surface area contributed by atoms with Crippen LogP contribution in [0.15, 0.2) is 312 Å². The van der Waals surface area contributed by atoms with Gasteiger partial charge < -0.3 is 18.6 Å². The summed E-state index contributed by atoms with van der Waals surface area (Å²) in [4.78, 5) is 4.95. The quantitative estimate of drug-likeness (QED) is 0.137. The molecule has 14 aromatic carbocycles. The van der Waals surface area contributed by atoms with E-state index in [2.05, 4.69) is 355 Å². The van der Waals surface area contributed by atoms with Gasteiger partial charge in [-0.2, -0.15) is 0 Å². The summed E-state index contributed by atoms with van der Waals surface area (Å²) in [7, 11) is 0. The van der Waals surface area contributed by atoms with Gasteiger partial charge >= 0.3 is 0 Å². The molecule has 1 aliphatic carbocycles. The monoisotopic (exact) mass is 1200 g/mol. The highest BCUT2D eigenvalue weighted by atomic mass is 16.3. The maximum atomic E-state index is 7.64. The van der Waals surface area contributed by atoms with Gasteiger partial charge in [0.15, 0.2) is 0 Å². The van der Waals surface area contributed by atoms with Gasteiger partial charge in [0.1, 0.15) is 22.3 Å². The molecular formula is C89H68N2O2. The van der Waals surface area contributed by atoms with E-state index in [1.54, 1.807) is 0 Å². The molecule has 0 bridgehead atoms. The molecule has 446 valence electrons. The summed E-state index contributed by atoms with van der Waals surface area (Å²) in [6.45, 7) is 13.7. The molecule has 4 heteroatoms. The molecule has 4 nitrogen and oxygen atoms in total. The maximum Gasteiger partial charge on any atom is 0.145 e. The smallest absolute Gasteiger partial charge is 0.145 e. The summed E-state index contributed by atoms with van der Waals surface area (Å²) in [5, 5.41) is 8.98. The van der Waals surface area contributed by atoms with Gasteiger partial charge in [0.2, 0.25) is 0 Å². The zero-order valence-electron chi connectivity index (χ0n) is 53.1. The molecule has 0 N–H and O–H groups in total. The normalized spacial score (nSPS) is 12.9. The number of rotatable bonds is 10. The van der Waals surface area contributed by atoms with E-state index in [0.717, 1.165) is 123 Å². The fraction of sp³-hybridized carbons (Fsp3) is 0.101. The van der Waals surface area contributed by atoms with Crippen LogP contribution in [0.1, 0.15) is 74.9 Å². The van der Waals surface area contributed by atoms with E-state index >= 15 is 0 Å². The van der Waals surface area contributed by atoms with Crippen LogP contribution in [0.5, 0.6) is 0 Å². The summed E-state index contributed by atoms with van der Waals surface area (Å²) in [6, 6.07) is 112. The highest BCUT2D eigenvalue weighted by molar-refractivity contribution is 6.25. The lowest BCUT2D eigenvalue weighted by atomic mass is 9.67. The Balaban J connectivity index is 0.989. The predicted molar refractivity (Wildman–Crippen MR) is 391 cm³/mol. The third-order valence-corrected chi connectivity index (χ3v) is 19.6. The summed E-state index contributed by atoms with van der Waals surface area (Å²) < 4.78 is 15.3. The standard InChI is InChI=1S/C89H68N2O2/c1-87(2,3)61-43-51-67(52-44-61)90(65-47-39-59(40-48-65)71-35-21-25-57-23-13-15-31-69(57)71)77-55-75-83(85-81(77)73-33-17-19-37-79(73)92-85)84-76(89(75,63-27-9-7-10-28-63)64-29-11-8-12-30-64)56-78(82-74-34-18-20-38-80(74)93-86(82)84)91(68-53-45-62(46-54-68)88(4,5)6)66-49-41-60(42-50-66)72-36-22-26-58-24-14-16-32-70(58)72/h7-56H,1-6H3. The molecule has 0 saturated carbocycles. The Morgan fingerprint density at radius 3 is 1.00 bits per heavy atom. The highest BCUT2D eigenvalue weighted by Crippen LogP contribution is 2.64. The first-order valence-corrected chi connectivity index (χ1v) is 32.5.